The number of nitrogens with zero attached hydrogens (tertiary/aromatic N) is 3. The van der Waals surface area contributed by atoms with Gasteiger partial charge in [-0.05, 0) is 51.8 Å². The zero-order valence-electron chi connectivity index (χ0n) is 19.1. The smallest absolute Gasteiger partial charge is 0.309 e. The topological polar surface area (TPSA) is 97.3 Å². The number of fused-ring (bicyclic) bond motifs is 1. The third kappa shape index (κ3) is 4.98. The van der Waals surface area contributed by atoms with E-state index in [1.807, 2.05) is 44.2 Å². The lowest BCUT2D eigenvalue weighted by Gasteiger charge is -2.30. The van der Waals surface area contributed by atoms with Gasteiger partial charge in [-0.25, -0.2) is 4.98 Å². The fourth-order valence-electron chi connectivity index (χ4n) is 4.04. The Morgan fingerprint density at radius 3 is 2.55 bits per heavy atom. The van der Waals surface area contributed by atoms with Crippen LogP contribution in [0.4, 0.5) is 0 Å². The molecule has 1 amide bonds. The van der Waals surface area contributed by atoms with Gasteiger partial charge in [0.2, 0.25) is 5.91 Å². The first-order valence-corrected chi connectivity index (χ1v) is 12.1. The van der Waals surface area contributed by atoms with Crippen LogP contribution in [-0.2, 0) is 14.3 Å². The van der Waals surface area contributed by atoms with Gasteiger partial charge in [0.1, 0.15) is 5.52 Å². The standard InChI is InChI=1S/C24H28N4O4S/c1-4-32-23(31)17-9-11-27(12-10-17)20(29)14-33-24-26-19-13-16(3)25-21(19)22(30)28(24)18-7-5-15(2)6-8-18/h5-8,13,17,25H,4,9-12,14H2,1-3H3. The van der Waals surface area contributed by atoms with Crippen LogP contribution in [0.2, 0.25) is 0 Å². The van der Waals surface area contributed by atoms with E-state index in [1.165, 1.54) is 11.8 Å². The second kappa shape index (κ2) is 9.82. The third-order valence-electron chi connectivity index (χ3n) is 5.84. The summed E-state index contributed by atoms with van der Waals surface area (Å²) in [7, 11) is 0. The van der Waals surface area contributed by atoms with Gasteiger partial charge in [-0.2, -0.15) is 0 Å². The van der Waals surface area contributed by atoms with E-state index in [4.69, 9.17) is 9.72 Å². The number of hydrogen-bond donors (Lipinski definition) is 1. The summed E-state index contributed by atoms with van der Waals surface area (Å²) in [4.78, 5) is 47.7. The first-order valence-electron chi connectivity index (χ1n) is 11.1. The molecule has 0 unspecified atom stereocenters. The van der Waals surface area contributed by atoms with Crippen molar-refractivity contribution < 1.29 is 14.3 Å². The normalized spacial score (nSPS) is 14.6. The largest absolute Gasteiger partial charge is 0.466 e. The van der Waals surface area contributed by atoms with Crippen LogP contribution in [0.15, 0.2) is 40.3 Å². The third-order valence-corrected chi connectivity index (χ3v) is 6.76. The Morgan fingerprint density at radius 1 is 1.18 bits per heavy atom. The number of H-pyrrole nitrogens is 1. The van der Waals surface area contributed by atoms with Crippen LogP contribution in [-0.4, -0.2) is 56.8 Å². The lowest BCUT2D eigenvalue weighted by atomic mass is 9.97. The van der Waals surface area contributed by atoms with Crippen molar-refractivity contribution in [2.24, 2.45) is 5.92 Å². The average Bonchev–Trinajstić information content (AvgIpc) is 3.19. The van der Waals surface area contributed by atoms with Crippen molar-refractivity contribution in [2.45, 2.75) is 38.8 Å². The second-order valence-electron chi connectivity index (χ2n) is 8.28. The monoisotopic (exact) mass is 468 g/mol. The number of carbonyl (C=O) groups excluding carboxylic acids is 2. The molecule has 1 saturated heterocycles. The highest BCUT2D eigenvalue weighted by atomic mass is 32.2. The Labute approximate surface area is 196 Å². The van der Waals surface area contributed by atoms with Crippen molar-refractivity contribution in [2.75, 3.05) is 25.4 Å². The number of rotatable bonds is 6. The van der Waals surface area contributed by atoms with Crippen LogP contribution < -0.4 is 5.56 Å². The number of aromatic amines is 1. The van der Waals surface area contributed by atoms with Crippen LogP contribution in [0.1, 0.15) is 31.0 Å². The van der Waals surface area contributed by atoms with Crippen molar-refractivity contribution in [3.63, 3.8) is 0 Å². The zero-order chi connectivity index (χ0) is 23.5. The summed E-state index contributed by atoms with van der Waals surface area (Å²) in [5.74, 6) is -0.191. The molecule has 1 N–H and O–H groups in total. The molecule has 0 aliphatic carbocycles. The fraction of sp³-hybridized carbons (Fsp3) is 0.417. The molecule has 33 heavy (non-hydrogen) atoms. The molecular formula is C24H28N4O4S. The summed E-state index contributed by atoms with van der Waals surface area (Å²) in [6.45, 7) is 7.09. The lowest BCUT2D eigenvalue weighted by Crippen LogP contribution is -2.41. The van der Waals surface area contributed by atoms with E-state index in [-0.39, 0.29) is 29.1 Å². The first kappa shape index (κ1) is 23.1. The van der Waals surface area contributed by atoms with Crippen molar-refractivity contribution in [1.29, 1.82) is 0 Å². The minimum absolute atomic E-state index is 0.0302. The first-order chi connectivity index (χ1) is 15.9. The minimum atomic E-state index is -0.192. The highest BCUT2D eigenvalue weighted by molar-refractivity contribution is 7.99. The zero-order valence-corrected chi connectivity index (χ0v) is 19.9. The van der Waals surface area contributed by atoms with E-state index in [2.05, 4.69) is 4.98 Å². The summed E-state index contributed by atoms with van der Waals surface area (Å²) >= 11 is 1.26. The van der Waals surface area contributed by atoms with Crippen LogP contribution >= 0.6 is 11.8 Å². The van der Waals surface area contributed by atoms with E-state index in [1.54, 1.807) is 16.4 Å². The van der Waals surface area contributed by atoms with Gasteiger partial charge in [0.05, 0.1) is 29.5 Å². The van der Waals surface area contributed by atoms with Crippen LogP contribution in [0.3, 0.4) is 0 Å². The molecule has 9 heteroatoms. The molecule has 0 spiro atoms. The molecule has 0 atom stereocenters. The Bertz CT molecular complexity index is 1220. The maximum Gasteiger partial charge on any atom is 0.309 e. The number of likely N-dealkylation sites (tertiary alicyclic amines) is 1. The van der Waals surface area contributed by atoms with Crippen LogP contribution in [0, 0.1) is 19.8 Å². The number of thioether (sulfide) groups is 1. The molecule has 2 aromatic heterocycles. The van der Waals surface area contributed by atoms with Gasteiger partial charge < -0.3 is 14.6 Å². The van der Waals surface area contributed by atoms with Gasteiger partial charge in [0.15, 0.2) is 5.16 Å². The Balaban J connectivity index is 1.53. The van der Waals surface area contributed by atoms with Gasteiger partial charge in [-0.1, -0.05) is 29.5 Å². The Kier molecular flexibility index (Phi) is 6.88. The molecule has 1 aliphatic rings. The van der Waals surface area contributed by atoms with Crippen molar-refractivity contribution in [3.05, 3.63) is 51.9 Å². The van der Waals surface area contributed by atoms with E-state index >= 15 is 0 Å². The number of nitrogens with one attached hydrogen (secondary N) is 1. The van der Waals surface area contributed by atoms with Gasteiger partial charge in [-0.3, -0.25) is 19.0 Å². The highest BCUT2D eigenvalue weighted by Crippen LogP contribution is 2.24. The Morgan fingerprint density at radius 2 is 1.88 bits per heavy atom. The number of benzene rings is 1. The van der Waals surface area contributed by atoms with Crippen molar-refractivity contribution in [1.82, 2.24) is 19.4 Å². The van der Waals surface area contributed by atoms with E-state index < -0.39 is 0 Å². The number of hydrogen-bond acceptors (Lipinski definition) is 6. The number of piperidine rings is 1. The number of ether oxygens (including phenoxy) is 1. The number of esters is 1. The SMILES string of the molecule is CCOC(=O)C1CCN(C(=O)CSc2nc3cc(C)[nH]c3c(=O)n2-c2ccc(C)cc2)CC1. The lowest BCUT2D eigenvalue weighted by molar-refractivity contribution is -0.151. The molecule has 0 bridgehead atoms. The van der Waals surface area contributed by atoms with Gasteiger partial charge >= 0.3 is 5.97 Å². The summed E-state index contributed by atoms with van der Waals surface area (Å²) in [6, 6.07) is 9.48. The molecule has 1 fully saturated rings. The Hall–Kier alpha value is -3.07. The molecule has 0 radical (unpaired) electrons. The van der Waals surface area contributed by atoms with Crippen LogP contribution in [0.25, 0.3) is 16.7 Å². The molecular weight excluding hydrogens is 440 g/mol. The predicted octanol–water partition coefficient (Wildman–Crippen LogP) is 3.22. The number of carbonyl (C=O) groups is 2. The molecule has 1 aliphatic heterocycles. The number of amides is 1. The molecule has 8 nitrogen and oxygen atoms in total. The summed E-state index contributed by atoms with van der Waals surface area (Å²) in [5.41, 5.74) is 3.50. The maximum absolute atomic E-state index is 13.3. The summed E-state index contributed by atoms with van der Waals surface area (Å²) in [5, 5.41) is 0.477. The molecule has 174 valence electrons. The second-order valence-corrected chi connectivity index (χ2v) is 9.22. The van der Waals surface area contributed by atoms with Crippen molar-refractivity contribution >= 4 is 34.7 Å². The van der Waals surface area contributed by atoms with E-state index in [0.717, 1.165) is 11.3 Å². The summed E-state index contributed by atoms with van der Waals surface area (Å²) in [6.07, 6.45) is 1.21. The number of aromatic nitrogens is 3. The van der Waals surface area contributed by atoms with E-state index in [9.17, 15) is 14.4 Å². The molecule has 0 saturated carbocycles. The van der Waals surface area contributed by atoms with Crippen molar-refractivity contribution in [3.8, 4) is 5.69 Å². The van der Waals surface area contributed by atoms with E-state index in [0.29, 0.717) is 54.4 Å². The van der Waals surface area contributed by atoms with Gasteiger partial charge in [0.25, 0.3) is 5.56 Å². The fourth-order valence-corrected chi connectivity index (χ4v) is 4.95. The molecule has 3 heterocycles. The summed E-state index contributed by atoms with van der Waals surface area (Å²) < 4.78 is 6.66. The quantitative estimate of drug-likeness (QED) is 0.339. The number of aryl methyl sites for hydroxylation is 2. The van der Waals surface area contributed by atoms with Gasteiger partial charge in [-0.15, -0.1) is 0 Å². The molecule has 4 rings (SSSR count). The van der Waals surface area contributed by atoms with Gasteiger partial charge in [0, 0.05) is 18.8 Å². The predicted molar refractivity (Wildman–Crippen MR) is 128 cm³/mol. The maximum atomic E-state index is 13.3. The highest BCUT2D eigenvalue weighted by Gasteiger charge is 2.28. The average molecular weight is 469 g/mol. The van der Waals surface area contributed by atoms with Crippen LogP contribution in [0.5, 0.6) is 0 Å². The molecule has 3 aromatic rings. The minimum Gasteiger partial charge on any atom is -0.466 e. The molecule has 1 aromatic carbocycles.